The van der Waals surface area contributed by atoms with Gasteiger partial charge in [-0.2, -0.15) is 0 Å². The second-order valence-corrected chi connectivity index (χ2v) is 4.08. The van der Waals surface area contributed by atoms with E-state index in [1.54, 1.807) is 0 Å². The molecule has 0 bridgehead atoms. The molecule has 1 aliphatic rings. The van der Waals surface area contributed by atoms with Gasteiger partial charge in [0.25, 0.3) is 0 Å². The number of hydrogen-bond acceptors (Lipinski definition) is 2. The van der Waals surface area contributed by atoms with Crippen molar-refractivity contribution in [2.45, 2.75) is 6.42 Å². The largest absolute Gasteiger partial charge is 0.370 e. The molecule has 0 radical (unpaired) electrons. The van der Waals surface area contributed by atoms with E-state index in [0.717, 1.165) is 35.4 Å². The first kappa shape index (κ1) is 9.65. The maximum absolute atomic E-state index is 13.1. The molecule has 74 valence electrons. The van der Waals surface area contributed by atoms with Crippen molar-refractivity contribution in [1.29, 1.82) is 0 Å². The summed E-state index contributed by atoms with van der Waals surface area (Å²) < 4.78 is 13.8. The van der Waals surface area contributed by atoms with Gasteiger partial charge in [0.2, 0.25) is 0 Å². The van der Waals surface area contributed by atoms with Gasteiger partial charge in [-0.25, -0.2) is 4.39 Å². The van der Waals surface area contributed by atoms with E-state index in [1.807, 2.05) is 6.07 Å². The Balaban J connectivity index is 2.35. The van der Waals surface area contributed by atoms with Crippen LogP contribution in [0, 0.1) is 5.82 Å². The van der Waals surface area contributed by atoms with Crippen LogP contribution in [-0.2, 0) is 0 Å². The number of nitrogens with zero attached hydrogens (tertiary/aromatic N) is 1. The van der Waals surface area contributed by atoms with Gasteiger partial charge in [-0.05, 0) is 24.6 Å². The molecule has 0 aliphatic carbocycles. The van der Waals surface area contributed by atoms with Crippen LogP contribution >= 0.6 is 15.9 Å². The van der Waals surface area contributed by atoms with E-state index in [4.69, 9.17) is 0 Å². The number of rotatable bonds is 1. The molecular weight excluding hydrogens is 247 g/mol. The van der Waals surface area contributed by atoms with E-state index in [2.05, 4.69) is 26.2 Å². The van der Waals surface area contributed by atoms with E-state index in [1.165, 1.54) is 12.1 Å². The Hall–Kier alpha value is -0.900. The Bertz CT molecular complexity index is 356. The lowest BCUT2D eigenvalue weighted by Crippen LogP contribution is -2.30. The molecule has 2 rings (SSSR count). The molecule has 1 aliphatic heterocycles. The minimum Gasteiger partial charge on any atom is -0.370 e. The Morgan fingerprint density at radius 2 is 2.21 bits per heavy atom. The van der Waals surface area contributed by atoms with Gasteiger partial charge in [0.1, 0.15) is 11.7 Å². The fourth-order valence-electron chi connectivity index (χ4n) is 1.42. The Labute approximate surface area is 90.4 Å². The molecule has 0 atom stereocenters. The number of hydrogen-bond donors (Lipinski definition) is 1. The summed E-state index contributed by atoms with van der Waals surface area (Å²) in [5.74, 6) is 0.542. The van der Waals surface area contributed by atoms with Crippen LogP contribution < -0.4 is 5.32 Å². The zero-order chi connectivity index (χ0) is 9.97. The Morgan fingerprint density at radius 3 is 2.86 bits per heavy atom. The lowest BCUT2D eigenvalue weighted by molar-refractivity contribution is 0.626. The van der Waals surface area contributed by atoms with Crippen LogP contribution in [0.4, 0.5) is 4.39 Å². The van der Waals surface area contributed by atoms with Crippen molar-refractivity contribution in [3.05, 3.63) is 34.1 Å². The Kier molecular flexibility index (Phi) is 2.82. The average molecular weight is 257 g/mol. The van der Waals surface area contributed by atoms with Crippen LogP contribution in [0.3, 0.4) is 0 Å². The smallest absolute Gasteiger partial charge is 0.128 e. The van der Waals surface area contributed by atoms with E-state index < -0.39 is 0 Å². The molecule has 14 heavy (non-hydrogen) atoms. The van der Waals surface area contributed by atoms with Crippen LogP contribution in [0.2, 0.25) is 0 Å². The molecule has 0 spiro atoms. The first-order valence-corrected chi connectivity index (χ1v) is 5.30. The number of halogens is 2. The Morgan fingerprint density at radius 1 is 1.36 bits per heavy atom. The lowest BCUT2D eigenvalue weighted by Gasteiger charge is -2.14. The highest BCUT2D eigenvalue weighted by Gasteiger charge is 2.08. The second-order valence-electron chi connectivity index (χ2n) is 3.17. The van der Waals surface area contributed by atoms with Crippen LogP contribution in [-0.4, -0.2) is 18.9 Å². The van der Waals surface area contributed by atoms with Gasteiger partial charge in [-0.3, -0.25) is 4.99 Å². The van der Waals surface area contributed by atoms with Gasteiger partial charge >= 0.3 is 0 Å². The van der Waals surface area contributed by atoms with E-state index in [0.29, 0.717) is 0 Å². The minimum absolute atomic E-state index is 0.246. The van der Waals surface area contributed by atoms with Gasteiger partial charge in [0.15, 0.2) is 0 Å². The van der Waals surface area contributed by atoms with E-state index in [9.17, 15) is 4.39 Å². The van der Waals surface area contributed by atoms with Crippen LogP contribution in [0.15, 0.2) is 27.7 Å². The monoisotopic (exact) mass is 256 g/mol. The van der Waals surface area contributed by atoms with Crippen molar-refractivity contribution in [2.75, 3.05) is 13.1 Å². The number of benzene rings is 1. The molecular formula is C10H10BrFN2. The molecule has 0 aromatic heterocycles. The molecule has 1 aromatic rings. The lowest BCUT2D eigenvalue weighted by atomic mass is 10.2. The second kappa shape index (κ2) is 4.09. The summed E-state index contributed by atoms with van der Waals surface area (Å²) in [7, 11) is 0. The third-order valence-electron chi connectivity index (χ3n) is 2.03. The highest BCUT2D eigenvalue weighted by Crippen LogP contribution is 2.15. The topological polar surface area (TPSA) is 24.4 Å². The maximum atomic E-state index is 13.1. The molecule has 0 saturated carbocycles. The van der Waals surface area contributed by atoms with Crippen molar-refractivity contribution in [2.24, 2.45) is 4.99 Å². The first-order valence-electron chi connectivity index (χ1n) is 4.50. The summed E-state index contributed by atoms with van der Waals surface area (Å²) in [6, 6.07) is 4.79. The predicted molar refractivity (Wildman–Crippen MR) is 58.1 cm³/mol. The van der Waals surface area contributed by atoms with E-state index >= 15 is 0 Å². The zero-order valence-corrected chi connectivity index (χ0v) is 9.14. The van der Waals surface area contributed by atoms with Gasteiger partial charge in [-0.1, -0.05) is 15.9 Å². The van der Waals surface area contributed by atoms with Crippen molar-refractivity contribution < 1.29 is 4.39 Å². The molecule has 1 aromatic carbocycles. The van der Waals surface area contributed by atoms with Crippen molar-refractivity contribution in [3.8, 4) is 0 Å². The molecule has 0 fully saturated rings. The molecule has 4 heteroatoms. The standard InChI is InChI=1S/C10H10BrFN2/c11-8-4-7(5-9(12)6-8)10-13-2-1-3-14-10/h4-6H,1-3H2,(H,13,14). The molecule has 0 saturated heterocycles. The molecule has 1 N–H and O–H groups in total. The number of aliphatic imine (C=N–C) groups is 1. The average Bonchev–Trinajstić information content (AvgIpc) is 2.18. The highest BCUT2D eigenvalue weighted by atomic mass is 79.9. The van der Waals surface area contributed by atoms with Crippen LogP contribution in [0.1, 0.15) is 12.0 Å². The van der Waals surface area contributed by atoms with Gasteiger partial charge < -0.3 is 5.32 Å². The molecule has 1 heterocycles. The quantitative estimate of drug-likeness (QED) is 0.820. The minimum atomic E-state index is -0.246. The summed E-state index contributed by atoms with van der Waals surface area (Å²) in [4.78, 5) is 4.30. The summed E-state index contributed by atoms with van der Waals surface area (Å²) in [5, 5.41) is 3.15. The summed E-state index contributed by atoms with van der Waals surface area (Å²) in [6.07, 6.45) is 1.04. The normalized spacial score (nSPS) is 16.0. The maximum Gasteiger partial charge on any atom is 0.128 e. The van der Waals surface area contributed by atoms with Crippen LogP contribution in [0.25, 0.3) is 0 Å². The number of amidine groups is 1. The molecule has 0 amide bonds. The fourth-order valence-corrected chi connectivity index (χ4v) is 1.88. The van der Waals surface area contributed by atoms with Gasteiger partial charge in [0, 0.05) is 23.1 Å². The summed E-state index contributed by atoms with van der Waals surface area (Å²) >= 11 is 3.26. The summed E-state index contributed by atoms with van der Waals surface area (Å²) in [6.45, 7) is 1.73. The van der Waals surface area contributed by atoms with Gasteiger partial charge in [0.05, 0.1) is 0 Å². The summed E-state index contributed by atoms with van der Waals surface area (Å²) in [5.41, 5.74) is 0.802. The molecule has 2 nitrogen and oxygen atoms in total. The highest BCUT2D eigenvalue weighted by molar-refractivity contribution is 9.10. The van der Waals surface area contributed by atoms with Crippen molar-refractivity contribution >= 4 is 21.8 Å². The van der Waals surface area contributed by atoms with Crippen molar-refractivity contribution in [3.63, 3.8) is 0 Å². The third-order valence-corrected chi connectivity index (χ3v) is 2.49. The number of nitrogens with one attached hydrogen (secondary N) is 1. The SMILES string of the molecule is Fc1cc(Br)cc(C2=NCCCN2)c1. The fraction of sp³-hybridized carbons (Fsp3) is 0.300. The predicted octanol–water partition coefficient (Wildman–Crippen LogP) is 2.33. The van der Waals surface area contributed by atoms with E-state index in [-0.39, 0.29) is 5.82 Å². The van der Waals surface area contributed by atoms with Crippen molar-refractivity contribution in [1.82, 2.24) is 5.32 Å². The zero-order valence-electron chi connectivity index (χ0n) is 7.56. The third kappa shape index (κ3) is 2.12. The molecule has 0 unspecified atom stereocenters. The first-order chi connectivity index (χ1) is 6.75. The van der Waals surface area contributed by atoms with Crippen LogP contribution in [0.5, 0.6) is 0 Å². The van der Waals surface area contributed by atoms with Gasteiger partial charge in [-0.15, -0.1) is 0 Å².